The Labute approximate surface area is 154 Å². The highest BCUT2D eigenvalue weighted by Crippen LogP contribution is 2.21. The molecule has 0 aromatic carbocycles. The maximum atomic E-state index is 12.6. The summed E-state index contributed by atoms with van der Waals surface area (Å²) in [7, 11) is 0. The van der Waals surface area contributed by atoms with Crippen LogP contribution in [0, 0.1) is 5.92 Å². The highest BCUT2D eigenvalue weighted by atomic mass is 32.2. The number of halogens is 3. The number of alkyl halides is 3. The number of unbranched alkanes of at least 4 members (excludes halogenated alkanes) is 1. The fourth-order valence-electron chi connectivity index (χ4n) is 3.07. The molecule has 148 valence electrons. The second kappa shape index (κ2) is 11.9. The van der Waals surface area contributed by atoms with Crippen molar-refractivity contribution >= 4 is 17.7 Å². The normalized spacial score (nSPS) is 19.1. The molecule has 1 rings (SSSR count). The van der Waals surface area contributed by atoms with Gasteiger partial charge in [-0.25, -0.2) is 0 Å². The molecule has 0 radical (unpaired) electrons. The van der Waals surface area contributed by atoms with E-state index < -0.39 is 12.7 Å². The first-order chi connectivity index (χ1) is 11.9. The minimum atomic E-state index is -4.12. The monoisotopic (exact) mass is 382 g/mol. The largest absolute Gasteiger partial charge is 0.401 e. The summed E-state index contributed by atoms with van der Waals surface area (Å²) < 4.78 is 37.9. The molecule has 0 spiro atoms. The first kappa shape index (κ1) is 22.4. The number of hydrogen-bond donors (Lipinski definition) is 1. The third-order valence-electron chi connectivity index (χ3n) is 4.30. The summed E-state index contributed by atoms with van der Waals surface area (Å²) in [6.45, 7) is 7.20. The van der Waals surface area contributed by atoms with E-state index in [0.717, 1.165) is 57.2 Å². The van der Waals surface area contributed by atoms with Crippen molar-refractivity contribution in [1.29, 1.82) is 0 Å². The van der Waals surface area contributed by atoms with Crippen molar-refractivity contribution in [3.8, 4) is 0 Å². The summed E-state index contributed by atoms with van der Waals surface area (Å²) in [5.74, 6) is 2.33. The van der Waals surface area contributed by atoms with Crippen LogP contribution in [-0.2, 0) is 0 Å². The summed E-state index contributed by atoms with van der Waals surface area (Å²) in [4.78, 5) is 8.39. The van der Waals surface area contributed by atoms with E-state index in [1.807, 2.05) is 18.7 Å². The maximum Gasteiger partial charge on any atom is 0.401 e. The summed E-state index contributed by atoms with van der Waals surface area (Å²) >= 11 is 1.85. The van der Waals surface area contributed by atoms with Gasteiger partial charge in [0.15, 0.2) is 5.96 Å². The lowest BCUT2D eigenvalue weighted by Crippen LogP contribution is -2.41. The van der Waals surface area contributed by atoms with Crippen LogP contribution in [0.3, 0.4) is 0 Å². The molecule has 4 nitrogen and oxygen atoms in total. The molecule has 0 amide bonds. The van der Waals surface area contributed by atoms with Crippen LogP contribution in [0.25, 0.3) is 0 Å². The predicted octanol–water partition coefficient (Wildman–Crippen LogP) is 3.30. The van der Waals surface area contributed by atoms with E-state index in [0.29, 0.717) is 13.1 Å². The Bertz CT molecular complexity index is 391. The minimum Gasteiger partial charge on any atom is -0.357 e. The summed E-state index contributed by atoms with van der Waals surface area (Å²) in [5.41, 5.74) is 0. The number of rotatable bonds is 10. The lowest BCUT2D eigenvalue weighted by atomic mass is 10.1. The molecule has 1 heterocycles. The average Bonchev–Trinajstić information content (AvgIpc) is 3.00. The second-order valence-electron chi connectivity index (χ2n) is 6.48. The molecule has 1 atom stereocenters. The van der Waals surface area contributed by atoms with Crippen LogP contribution in [0.15, 0.2) is 4.99 Å². The topological polar surface area (TPSA) is 30.9 Å². The van der Waals surface area contributed by atoms with Crippen LogP contribution in [0.1, 0.15) is 33.1 Å². The molecule has 1 fully saturated rings. The molecule has 25 heavy (non-hydrogen) atoms. The minimum absolute atomic E-state index is 0.266. The Morgan fingerprint density at radius 1 is 1.32 bits per heavy atom. The van der Waals surface area contributed by atoms with Gasteiger partial charge in [-0.15, -0.1) is 0 Å². The summed E-state index contributed by atoms with van der Waals surface area (Å²) in [6, 6.07) is 0. The third-order valence-corrected chi connectivity index (χ3v) is 5.00. The fourth-order valence-corrected chi connectivity index (χ4v) is 3.56. The second-order valence-corrected chi connectivity index (χ2v) is 7.46. The lowest BCUT2D eigenvalue weighted by Gasteiger charge is -2.26. The summed E-state index contributed by atoms with van der Waals surface area (Å²) in [5, 5.41) is 3.32. The molecule has 0 saturated carbocycles. The molecule has 8 heteroatoms. The number of guanidine groups is 1. The van der Waals surface area contributed by atoms with Crippen molar-refractivity contribution in [3.05, 3.63) is 0 Å². The van der Waals surface area contributed by atoms with Gasteiger partial charge in [-0.05, 0) is 50.7 Å². The Morgan fingerprint density at radius 2 is 2.08 bits per heavy atom. The van der Waals surface area contributed by atoms with Gasteiger partial charge in [0.2, 0.25) is 0 Å². The Kier molecular flexibility index (Phi) is 10.7. The van der Waals surface area contributed by atoms with E-state index in [1.54, 1.807) is 6.92 Å². The number of aliphatic imine (C=N–C) groups is 1. The van der Waals surface area contributed by atoms with Gasteiger partial charge in [0.1, 0.15) is 0 Å². The molecule has 0 aromatic rings. The zero-order chi connectivity index (χ0) is 18.7. The van der Waals surface area contributed by atoms with Crippen LogP contribution >= 0.6 is 11.8 Å². The first-order valence-corrected chi connectivity index (χ1v) is 10.6. The van der Waals surface area contributed by atoms with Gasteiger partial charge < -0.3 is 10.2 Å². The van der Waals surface area contributed by atoms with Crippen LogP contribution < -0.4 is 5.32 Å². The number of nitrogens with one attached hydrogen (secondary N) is 1. The van der Waals surface area contributed by atoms with Gasteiger partial charge in [-0.1, -0.05) is 6.92 Å². The van der Waals surface area contributed by atoms with E-state index in [-0.39, 0.29) is 5.92 Å². The van der Waals surface area contributed by atoms with Gasteiger partial charge in [0.05, 0.1) is 6.54 Å². The number of likely N-dealkylation sites (tertiary alicyclic amines) is 1. The first-order valence-electron chi connectivity index (χ1n) is 9.20. The molecule has 0 aromatic heterocycles. The number of thioether (sulfide) groups is 1. The zero-order valence-electron chi connectivity index (χ0n) is 15.7. The smallest absolute Gasteiger partial charge is 0.357 e. The quantitative estimate of drug-likeness (QED) is 0.357. The highest BCUT2D eigenvalue weighted by molar-refractivity contribution is 7.98. The zero-order valence-corrected chi connectivity index (χ0v) is 16.6. The van der Waals surface area contributed by atoms with E-state index in [2.05, 4.69) is 21.5 Å². The Hall–Kier alpha value is -0.630. The SMILES string of the molecule is CCNC(=NCCCCSC)N1CCC(CN(CC)CC(F)(F)F)C1. The molecule has 1 unspecified atom stereocenters. The van der Waals surface area contributed by atoms with E-state index in [4.69, 9.17) is 0 Å². The lowest BCUT2D eigenvalue weighted by molar-refractivity contribution is -0.146. The number of nitrogens with zero attached hydrogens (tertiary/aromatic N) is 3. The van der Waals surface area contributed by atoms with Crippen molar-refractivity contribution in [2.24, 2.45) is 10.9 Å². The maximum absolute atomic E-state index is 12.6. The van der Waals surface area contributed by atoms with Crippen molar-refractivity contribution in [1.82, 2.24) is 15.1 Å². The van der Waals surface area contributed by atoms with Gasteiger partial charge in [0, 0.05) is 32.7 Å². The fraction of sp³-hybridized carbons (Fsp3) is 0.941. The van der Waals surface area contributed by atoms with Crippen LogP contribution in [0.4, 0.5) is 13.2 Å². The van der Waals surface area contributed by atoms with Crippen molar-refractivity contribution < 1.29 is 13.2 Å². The van der Waals surface area contributed by atoms with Crippen molar-refractivity contribution in [2.75, 3.05) is 57.8 Å². The van der Waals surface area contributed by atoms with Gasteiger partial charge in [0.25, 0.3) is 0 Å². The predicted molar refractivity (Wildman–Crippen MR) is 101 cm³/mol. The molecular weight excluding hydrogens is 349 g/mol. The molecule has 0 bridgehead atoms. The van der Waals surface area contributed by atoms with E-state index in [9.17, 15) is 13.2 Å². The van der Waals surface area contributed by atoms with Crippen LogP contribution in [0.5, 0.6) is 0 Å². The van der Waals surface area contributed by atoms with E-state index in [1.165, 1.54) is 4.90 Å². The van der Waals surface area contributed by atoms with E-state index >= 15 is 0 Å². The van der Waals surface area contributed by atoms with Gasteiger partial charge in [-0.3, -0.25) is 9.89 Å². The van der Waals surface area contributed by atoms with Gasteiger partial charge >= 0.3 is 6.18 Å². The molecule has 0 aliphatic carbocycles. The average molecular weight is 383 g/mol. The van der Waals surface area contributed by atoms with Crippen LogP contribution in [-0.4, -0.2) is 79.8 Å². The molecule has 1 aliphatic heterocycles. The molecular formula is C17H33F3N4S. The molecule has 1 saturated heterocycles. The molecule has 1 N–H and O–H groups in total. The van der Waals surface area contributed by atoms with Gasteiger partial charge in [-0.2, -0.15) is 24.9 Å². The number of hydrogen-bond acceptors (Lipinski definition) is 3. The van der Waals surface area contributed by atoms with Crippen molar-refractivity contribution in [2.45, 2.75) is 39.3 Å². The summed E-state index contributed by atoms with van der Waals surface area (Å²) in [6.07, 6.45) is 1.14. The van der Waals surface area contributed by atoms with Crippen LogP contribution in [0.2, 0.25) is 0 Å². The van der Waals surface area contributed by atoms with Crippen molar-refractivity contribution in [3.63, 3.8) is 0 Å². The Morgan fingerprint density at radius 3 is 2.68 bits per heavy atom. The highest BCUT2D eigenvalue weighted by Gasteiger charge is 2.32. The Balaban J connectivity index is 2.49. The third kappa shape index (κ3) is 9.58. The molecule has 1 aliphatic rings. The standard InChI is InChI=1S/C17H33F3N4S/c1-4-21-16(22-9-6-7-11-25-3)24-10-8-15(13-24)12-23(5-2)14-17(18,19)20/h15H,4-14H2,1-3H3,(H,21,22).